The summed E-state index contributed by atoms with van der Waals surface area (Å²) in [7, 11) is 0. The zero-order valence-corrected chi connectivity index (χ0v) is 11.0. The number of hydrogen-bond donors (Lipinski definition) is 1. The molecule has 0 aromatic heterocycles. The van der Waals surface area contributed by atoms with Crippen LogP contribution in [-0.4, -0.2) is 13.1 Å². The minimum absolute atomic E-state index is 0.734. The van der Waals surface area contributed by atoms with Gasteiger partial charge in [-0.1, -0.05) is 35.0 Å². The first kappa shape index (κ1) is 11.2. The second kappa shape index (κ2) is 4.67. The van der Waals surface area contributed by atoms with Crippen LogP contribution < -0.4 is 5.32 Å². The topological polar surface area (TPSA) is 12.0 Å². The van der Waals surface area contributed by atoms with Crippen LogP contribution in [0.1, 0.15) is 30.4 Å². The molecule has 1 fully saturated rings. The van der Waals surface area contributed by atoms with E-state index in [1.165, 1.54) is 22.0 Å². The zero-order valence-electron chi connectivity index (χ0n) is 9.39. The van der Waals surface area contributed by atoms with E-state index in [0.29, 0.717) is 0 Å². The van der Waals surface area contributed by atoms with Crippen LogP contribution in [-0.2, 0) is 0 Å². The molecule has 1 aliphatic heterocycles. The second-order valence-electron chi connectivity index (χ2n) is 4.59. The molecule has 2 atom stereocenters. The minimum atomic E-state index is 0.734. The van der Waals surface area contributed by atoms with Gasteiger partial charge in [-0.3, -0.25) is 0 Å². The third-order valence-corrected chi connectivity index (χ3v) is 4.29. The molecule has 82 valence electrons. The second-order valence-corrected chi connectivity index (χ2v) is 5.44. The summed E-state index contributed by atoms with van der Waals surface area (Å²) in [5.74, 6) is 1.48. The van der Waals surface area contributed by atoms with Crippen LogP contribution >= 0.6 is 15.9 Å². The average Bonchev–Trinajstić information content (AvgIpc) is 2.23. The molecule has 0 bridgehead atoms. The third kappa shape index (κ3) is 2.43. The molecule has 1 N–H and O–H groups in total. The van der Waals surface area contributed by atoms with Crippen molar-refractivity contribution in [3.05, 3.63) is 33.8 Å². The highest BCUT2D eigenvalue weighted by Crippen LogP contribution is 2.31. The predicted molar refractivity (Wildman–Crippen MR) is 68.3 cm³/mol. The Morgan fingerprint density at radius 2 is 2.20 bits per heavy atom. The van der Waals surface area contributed by atoms with Gasteiger partial charge in [0.05, 0.1) is 0 Å². The SMILES string of the molecule is Cc1cc(C2CCNCC2C)ccc1Br. The Bertz CT molecular complexity index is 348. The maximum absolute atomic E-state index is 3.56. The van der Waals surface area contributed by atoms with Crippen molar-refractivity contribution in [2.75, 3.05) is 13.1 Å². The van der Waals surface area contributed by atoms with Crippen LogP contribution in [0.25, 0.3) is 0 Å². The summed E-state index contributed by atoms with van der Waals surface area (Å²) >= 11 is 3.56. The van der Waals surface area contributed by atoms with Crippen LogP contribution in [0.2, 0.25) is 0 Å². The summed E-state index contributed by atoms with van der Waals surface area (Å²) in [6.45, 7) is 6.82. The van der Waals surface area contributed by atoms with E-state index in [-0.39, 0.29) is 0 Å². The van der Waals surface area contributed by atoms with Gasteiger partial charge in [-0.15, -0.1) is 0 Å². The molecule has 1 aliphatic rings. The van der Waals surface area contributed by atoms with E-state index >= 15 is 0 Å². The molecular weight excluding hydrogens is 250 g/mol. The Labute approximate surface area is 100 Å². The van der Waals surface area contributed by atoms with Crippen LogP contribution in [0.4, 0.5) is 0 Å². The monoisotopic (exact) mass is 267 g/mol. The quantitative estimate of drug-likeness (QED) is 0.822. The van der Waals surface area contributed by atoms with Crippen LogP contribution in [0.3, 0.4) is 0 Å². The molecule has 0 radical (unpaired) electrons. The fourth-order valence-electron chi connectivity index (χ4n) is 2.41. The smallest absolute Gasteiger partial charge is 0.0204 e. The fraction of sp³-hybridized carbons (Fsp3) is 0.538. The van der Waals surface area contributed by atoms with Gasteiger partial charge in [-0.05, 0) is 55.5 Å². The maximum Gasteiger partial charge on any atom is 0.0204 e. The Balaban J connectivity index is 2.24. The van der Waals surface area contributed by atoms with E-state index in [1.807, 2.05) is 0 Å². The van der Waals surface area contributed by atoms with Gasteiger partial charge in [0, 0.05) is 4.47 Å². The molecular formula is C13H18BrN. The standard InChI is InChI=1S/C13H18BrN/c1-9-7-11(3-4-13(9)14)12-5-6-15-8-10(12)2/h3-4,7,10,12,15H,5-6,8H2,1-2H3. The first-order valence-electron chi connectivity index (χ1n) is 5.65. The summed E-state index contributed by atoms with van der Waals surface area (Å²) in [5.41, 5.74) is 2.85. The van der Waals surface area contributed by atoms with Crippen LogP contribution in [0.5, 0.6) is 0 Å². The third-order valence-electron chi connectivity index (χ3n) is 3.40. The maximum atomic E-state index is 3.56. The Morgan fingerprint density at radius 1 is 1.40 bits per heavy atom. The van der Waals surface area contributed by atoms with Gasteiger partial charge >= 0.3 is 0 Å². The highest BCUT2D eigenvalue weighted by molar-refractivity contribution is 9.10. The van der Waals surface area contributed by atoms with Crippen molar-refractivity contribution in [1.29, 1.82) is 0 Å². The molecule has 1 aromatic carbocycles. The van der Waals surface area contributed by atoms with Crippen molar-refractivity contribution in [3.8, 4) is 0 Å². The lowest BCUT2D eigenvalue weighted by atomic mass is 9.82. The number of halogens is 1. The molecule has 2 unspecified atom stereocenters. The molecule has 2 heteroatoms. The van der Waals surface area contributed by atoms with Crippen molar-refractivity contribution < 1.29 is 0 Å². The molecule has 1 nitrogen and oxygen atoms in total. The Morgan fingerprint density at radius 3 is 2.87 bits per heavy atom. The Hall–Kier alpha value is -0.340. The van der Waals surface area contributed by atoms with E-state index in [9.17, 15) is 0 Å². The van der Waals surface area contributed by atoms with E-state index in [4.69, 9.17) is 0 Å². The lowest BCUT2D eigenvalue weighted by Crippen LogP contribution is -2.33. The van der Waals surface area contributed by atoms with Crippen molar-refractivity contribution in [1.82, 2.24) is 5.32 Å². The van der Waals surface area contributed by atoms with Gasteiger partial charge in [0.1, 0.15) is 0 Å². The molecule has 15 heavy (non-hydrogen) atoms. The summed E-state index contributed by atoms with van der Waals surface area (Å²) in [6.07, 6.45) is 1.27. The van der Waals surface area contributed by atoms with Gasteiger partial charge in [0.15, 0.2) is 0 Å². The molecule has 0 aliphatic carbocycles. The van der Waals surface area contributed by atoms with E-state index in [0.717, 1.165) is 24.9 Å². The lowest BCUT2D eigenvalue weighted by molar-refractivity contribution is 0.349. The number of aryl methyl sites for hydroxylation is 1. The van der Waals surface area contributed by atoms with E-state index in [2.05, 4.69) is 53.3 Å². The molecule has 0 saturated carbocycles. The number of piperidine rings is 1. The molecule has 0 amide bonds. The lowest BCUT2D eigenvalue weighted by Gasteiger charge is -2.30. The first-order valence-corrected chi connectivity index (χ1v) is 6.44. The number of rotatable bonds is 1. The van der Waals surface area contributed by atoms with E-state index < -0.39 is 0 Å². The van der Waals surface area contributed by atoms with Crippen molar-refractivity contribution in [2.45, 2.75) is 26.2 Å². The highest BCUT2D eigenvalue weighted by atomic mass is 79.9. The fourth-order valence-corrected chi connectivity index (χ4v) is 2.65. The number of benzene rings is 1. The summed E-state index contributed by atoms with van der Waals surface area (Å²) < 4.78 is 1.22. The van der Waals surface area contributed by atoms with Crippen LogP contribution in [0, 0.1) is 12.8 Å². The van der Waals surface area contributed by atoms with Gasteiger partial charge in [-0.2, -0.15) is 0 Å². The van der Waals surface area contributed by atoms with Gasteiger partial charge in [0.25, 0.3) is 0 Å². The highest BCUT2D eigenvalue weighted by Gasteiger charge is 2.22. The summed E-state index contributed by atoms with van der Waals surface area (Å²) in [6, 6.07) is 6.78. The molecule has 1 heterocycles. The van der Waals surface area contributed by atoms with Gasteiger partial charge in [0.2, 0.25) is 0 Å². The van der Waals surface area contributed by atoms with E-state index in [1.54, 1.807) is 0 Å². The average molecular weight is 268 g/mol. The van der Waals surface area contributed by atoms with Crippen molar-refractivity contribution in [3.63, 3.8) is 0 Å². The Kier molecular flexibility index (Phi) is 3.47. The first-order chi connectivity index (χ1) is 7.18. The normalized spacial score (nSPS) is 26.6. The summed E-state index contributed by atoms with van der Waals surface area (Å²) in [5, 5.41) is 3.45. The van der Waals surface area contributed by atoms with Crippen molar-refractivity contribution in [2.24, 2.45) is 5.92 Å². The minimum Gasteiger partial charge on any atom is -0.316 e. The van der Waals surface area contributed by atoms with Crippen molar-refractivity contribution >= 4 is 15.9 Å². The van der Waals surface area contributed by atoms with Gasteiger partial charge < -0.3 is 5.32 Å². The largest absolute Gasteiger partial charge is 0.316 e. The number of hydrogen-bond acceptors (Lipinski definition) is 1. The molecule has 0 spiro atoms. The van der Waals surface area contributed by atoms with Gasteiger partial charge in [-0.25, -0.2) is 0 Å². The van der Waals surface area contributed by atoms with Crippen LogP contribution in [0.15, 0.2) is 22.7 Å². The molecule has 2 rings (SSSR count). The zero-order chi connectivity index (χ0) is 10.8. The summed E-state index contributed by atoms with van der Waals surface area (Å²) in [4.78, 5) is 0. The molecule has 1 saturated heterocycles. The molecule has 1 aromatic rings. The number of nitrogens with one attached hydrogen (secondary N) is 1. The predicted octanol–water partition coefficient (Wildman–Crippen LogP) is 3.47.